The van der Waals surface area contributed by atoms with Gasteiger partial charge >= 0.3 is 12.1 Å². The van der Waals surface area contributed by atoms with E-state index in [1.165, 1.54) is 4.90 Å². The van der Waals surface area contributed by atoms with E-state index in [0.717, 1.165) is 44.9 Å². The van der Waals surface area contributed by atoms with Crippen LogP contribution in [0.25, 0.3) is 10.9 Å². The third-order valence-corrected chi connectivity index (χ3v) is 9.77. The molecule has 2 aliphatic heterocycles. The van der Waals surface area contributed by atoms with E-state index in [4.69, 9.17) is 21.1 Å². The number of carboxylic acids is 1. The number of pyridine rings is 1. The van der Waals surface area contributed by atoms with Crippen LogP contribution in [0.1, 0.15) is 70.6 Å². The number of carbonyl (C=O) groups excluding carboxylic acids is 3. The predicted molar refractivity (Wildman–Crippen MR) is 166 cm³/mol. The molecule has 3 fully saturated rings. The number of nitrogens with one attached hydrogen (secondary N) is 2. The van der Waals surface area contributed by atoms with Gasteiger partial charge in [-0.1, -0.05) is 36.2 Å². The van der Waals surface area contributed by atoms with E-state index < -0.39 is 41.7 Å². The Balaban J connectivity index is 1.24. The molecule has 3 heterocycles. The molecule has 3 amide bonds. The molecule has 0 unspecified atom stereocenters. The normalized spacial score (nSPS) is 29.9. The number of hydrogen-bond acceptors (Lipinski definition) is 7. The second-order valence-electron chi connectivity index (χ2n) is 12.6. The fraction of sp³-hybridized carbons (Fsp3) is 0.545. The van der Waals surface area contributed by atoms with Crippen molar-refractivity contribution < 1.29 is 33.8 Å². The zero-order chi connectivity index (χ0) is 31.6. The van der Waals surface area contributed by atoms with E-state index in [0.29, 0.717) is 34.5 Å². The van der Waals surface area contributed by atoms with Crippen molar-refractivity contribution in [2.45, 2.75) is 100 Å². The van der Waals surface area contributed by atoms with Gasteiger partial charge in [-0.2, -0.15) is 0 Å². The zero-order valence-electron chi connectivity index (χ0n) is 25.1. The average molecular weight is 639 g/mol. The van der Waals surface area contributed by atoms with Crippen LogP contribution in [-0.4, -0.2) is 75.2 Å². The highest BCUT2D eigenvalue weighted by atomic mass is 35.5. The van der Waals surface area contributed by atoms with Crippen LogP contribution in [-0.2, 0) is 19.1 Å². The quantitative estimate of drug-likeness (QED) is 0.398. The Kier molecular flexibility index (Phi) is 9.16. The van der Waals surface area contributed by atoms with Gasteiger partial charge in [0, 0.05) is 36.4 Å². The maximum absolute atomic E-state index is 13.9. The smallest absolute Gasteiger partial charge is 0.407 e. The lowest BCUT2D eigenvalue weighted by atomic mass is 10.0. The van der Waals surface area contributed by atoms with Crippen molar-refractivity contribution in [3.63, 3.8) is 0 Å². The molecule has 11 nitrogen and oxygen atoms in total. The van der Waals surface area contributed by atoms with Gasteiger partial charge in [0.15, 0.2) is 0 Å². The maximum atomic E-state index is 13.9. The minimum absolute atomic E-state index is 0.0212. The number of aliphatic carboxylic acids is 1. The van der Waals surface area contributed by atoms with E-state index in [-0.39, 0.29) is 37.3 Å². The number of rotatable bonds is 5. The Bertz CT molecular complexity index is 1490. The molecule has 240 valence electrons. The lowest BCUT2D eigenvalue weighted by molar-refractivity contribution is -0.145. The highest BCUT2D eigenvalue weighted by Crippen LogP contribution is 2.45. The number of fused-ring (bicyclic) bond motifs is 3. The van der Waals surface area contributed by atoms with Crippen molar-refractivity contribution in [2.24, 2.45) is 5.92 Å². The van der Waals surface area contributed by atoms with E-state index >= 15 is 0 Å². The Morgan fingerprint density at radius 2 is 1.89 bits per heavy atom. The van der Waals surface area contributed by atoms with Crippen molar-refractivity contribution in [1.82, 2.24) is 20.5 Å². The second-order valence-corrected chi connectivity index (χ2v) is 13.0. The fourth-order valence-corrected chi connectivity index (χ4v) is 7.12. The topological polar surface area (TPSA) is 147 Å². The summed E-state index contributed by atoms with van der Waals surface area (Å²) < 4.78 is 12.0. The van der Waals surface area contributed by atoms with Gasteiger partial charge in [-0.3, -0.25) is 14.6 Å². The van der Waals surface area contributed by atoms with E-state index in [9.17, 15) is 24.3 Å². The summed E-state index contributed by atoms with van der Waals surface area (Å²) in [5.41, 5.74) is -0.818. The van der Waals surface area contributed by atoms with Crippen LogP contribution in [0.15, 0.2) is 42.6 Å². The van der Waals surface area contributed by atoms with Crippen LogP contribution in [0, 0.1) is 5.92 Å². The Hall–Kier alpha value is -3.86. The van der Waals surface area contributed by atoms with Gasteiger partial charge in [-0.25, -0.2) is 9.59 Å². The zero-order valence-corrected chi connectivity index (χ0v) is 25.8. The van der Waals surface area contributed by atoms with Crippen LogP contribution in [0.4, 0.5) is 4.79 Å². The first-order valence-electron chi connectivity index (χ1n) is 15.9. The molecule has 0 radical (unpaired) electrons. The number of carbonyl (C=O) groups is 4. The summed E-state index contributed by atoms with van der Waals surface area (Å²) in [5.74, 6) is -1.75. The lowest BCUT2D eigenvalue weighted by Gasteiger charge is -2.27. The molecule has 0 spiro atoms. The molecule has 3 N–H and O–H groups in total. The number of carboxylic acid groups (broad SMARTS) is 1. The van der Waals surface area contributed by atoms with Crippen molar-refractivity contribution in [2.75, 3.05) is 6.54 Å². The molecule has 1 saturated heterocycles. The summed E-state index contributed by atoms with van der Waals surface area (Å²) in [5, 5.41) is 16.9. The molecule has 1 aromatic carbocycles. The number of amides is 3. The predicted octanol–water partition coefficient (Wildman–Crippen LogP) is 4.75. The molecule has 2 aliphatic carbocycles. The SMILES string of the molecule is O=C(N[C@H]1CCCC/C=C\[C@@H]2C[C@@]2(C(=O)O)NC(=O)[C@@H]2C[C@@H](Oc3ccnc4c(Cl)cccc34)CN2C(=O)C1)OC1CCCC1. The van der Waals surface area contributed by atoms with E-state index in [2.05, 4.69) is 15.6 Å². The Labute approximate surface area is 266 Å². The monoisotopic (exact) mass is 638 g/mol. The fourth-order valence-electron chi connectivity index (χ4n) is 6.90. The Morgan fingerprint density at radius 1 is 1.09 bits per heavy atom. The van der Waals surface area contributed by atoms with Gasteiger partial charge in [0.2, 0.25) is 11.8 Å². The molecule has 12 heteroatoms. The van der Waals surface area contributed by atoms with Gasteiger partial charge in [0.25, 0.3) is 0 Å². The standard InChI is InChI=1S/C33H39ClN4O7/c34-25-13-7-12-24-27(14-15-35-29(24)25)44-23-17-26-30(40)37-33(31(41)42)18-20(33)8-3-1-2-4-9-21(16-28(39)38(26)19-23)36-32(43)45-22-10-5-6-11-22/h3,7-8,12-15,20-23,26H,1-2,4-6,9-11,16-19H2,(H,36,43)(H,37,40)(H,41,42)/b8-3-/t20-,21+,23-,26+,33-/m1/s1. The second kappa shape index (κ2) is 13.2. The highest BCUT2D eigenvalue weighted by molar-refractivity contribution is 6.35. The summed E-state index contributed by atoms with van der Waals surface area (Å²) in [6.45, 7) is 0.115. The number of nitrogens with zero attached hydrogens (tertiary/aromatic N) is 2. The van der Waals surface area contributed by atoms with Gasteiger partial charge in [0.1, 0.15) is 29.5 Å². The number of allylic oxidation sites excluding steroid dienone is 1. The van der Waals surface area contributed by atoms with Gasteiger partial charge in [-0.05, 0) is 69.6 Å². The molecular formula is C33H39ClN4O7. The number of aromatic nitrogens is 1. The molecule has 0 bridgehead atoms. The van der Waals surface area contributed by atoms with Gasteiger partial charge in [0.05, 0.1) is 17.1 Å². The van der Waals surface area contributed by atoms with Crippen molar-refractivity contribution >= 4 is 46.4 Å². The van der Waals surface area contributed by atoms with Crippen LogP contribution < -0.4 is 15.4 Å². The first kappa shape index (κ1) is 31.1. The molecule has 6 rings (SSSR count). The number of halogens is 1. The minimum atomic E-state index is -1.40. The summed E-state index contributed by atoms with van der Waals surface area (Å²) in [4.78, 5) is 58.6. The van der Waals surface area contributed by atoms with Crippen LogP contribution in [0.2, 0.25) is 5.02 Å². The lowest BCUT2D eigenvalue weighted by Crippen LogP contribution is -2.53. The molecule has 5 atom stereocenters. The van der Waals surface area contributed by atoms with Crippen molar-refractivity contribution in [3.8, 4) is 5.75 Å². The van der Waals surface area contributed by atoms with Crippen LogP contribution in [0.5, 0.6) is 5.75 Å². The maximum Gasteiger partial charge on any atom is 0.407 e. The number of para-hydroxylation sites is 1. The van der Waals surface area contributed by atoms with Gasteiger partial charge in [-0.15, -0.1) is 0 Å². The number of ether oxygens (including phenoxy) is 2. The molecule has 45 heavy (non-hydrogen) atoms. The third kappa shape index (κ3) is 6.88. The number of hydrogen-bond donors (Lipinski definition) is 3. The van der Waals surface area contributed by atoms with Gasteiger partial charge < -0.3 is 30.1 Å². The number of benzene rings is 1. The molecular weight excluding hydrogens is 600 g/mol. The van der Waals surface area contributed by atoms with E-state index in [1.54, 1.807) is 24.4 Å². The first-order chi connectivity index (χ1) is 21.7. The average Bonchev–Trinajstić information content (AvgIpc) is 3.30. The summed E-state index contributed by atoms with van der Waals surface area (Å²) in [6.07, 6.45) is 11.3. The summed E-state index contributed by atoms with van der Waals surface area (Å²) in [7, 11) is 0. The molecule has 2 aromatic rings. The molecule has 2 saturated carbocycles. The van der Waals surface area contributed by atoms with Crippen LogP contribution >= 0.6 is 11.6 Å². The van der Waals surface area contributed by atoms with Crippen molar-refractivity contribution in [3.05, 3.63) is 47.6 Å². The van der Waals surface area contributed by atoms with E-state index in [1.807, 2.05) is 18.2 Å². The van der Waals surface area contributed by atoms with Crippen LogP contribution in [0.3, 0.4) is 0 Å². The largest absolute Gasteiger partial charge is 0.488 e. The third-order valence-electron chi connectivity index (χ3n) is 9.46. The molecule has 4 aliphatic rings. The summed E-state index contributed by atoms with van der Waals surface area (Å²) in [6, 6.07) is 5.67. The minimum Gasteiger partial charge on any atom is -0.488 e. The highest BCUT2D eigenvalue weighted by Gasteiger charge is 2.61. The Morgan fingerprint density at radius 3 is 2.69 bits per heavy atom. The first-order valence-corrected chi connectivity index (χ1v) is 16.3. The molecule has 1 aromatic heterocycles. The summed E-state index contributed by atoms with van der Waals surface area (Å²) >= 11 is 6.35. The van der Waals surface area contributed by atoms with Crippen molar-refractivity contribution in [1.29, 1.82) is 0 Å². The number of alkyl carbamates (subject to hydrolysis) is 1.